The van der Waals surface area contributed by atoms with E-state index in [0.29, 0.717) is 12.0 Å². The molecule has 0 amide bonds. The third-order valence-corrected chi connectivity index (χ3v) is 3.72. The van der Waals surface area contributed by atoms with E-state index in [2.05, 4.69) is 31.9 Å². The first-order valence-corrected chi connectivity index (χ1v) is 7.10. The van der Waals surface area contributed by atoms with Gasteiger partial charge in [0, 0.05) is 15.0 Å². The summed E-state index contributed by atoms with van der Waals surface area (Å²) in [6.45, 7) is 0. The number of hydrogen-bond acceptors (Lipinski definition) is 1. The van der Waals surface area contributed by atoms with Gasteiger partial charge in [-0.15, -0.1) is 0 Å². The molecule has 94 valence electrons. The maximum atomic E-state index is 13.7. The van der Waals surface area contributed by atoms with Crippen molar-refractivity contribution in [3.05, 3.63) is 68.4 Å². The molecule has 18 heavy (non-hydrogen) atoms. The van der Waals surface area contributed by atoms with Gasteiger partial charge in [0.2, 0.25) is 0 Å². The molecule has 2 aromatic rings. The van der Waals surface area contributed by atoms with Crippen LogP contribution in [0.4, 0.5) is 4.39 Å². The molecule has 1 unspecified atom stereocenters. The summed E-state index contributed by atoms with van der Waals surface area (Å²) in [5, 5.41) is 0. The van der Waals surface area contributed by atoms with E-state index in [1.54, 1.807) is 6.07 Å². The highest BCUT2D eigenvalue weighted by molar-refractivity contribution is 9.10. The van der Waals surface area contributed by atoms with Crippen molar-refractivity contribution in [2.45, 2.75) is 12.5 Å². The Morgan fingerprint density at radius 2 is 1.78 bits per heavy atom. The molecule has 0 saturated carbocycles. The van der Waals surface area contributed by atoms with Crippen molar-refractivity contribution in [1.29, 1.82) is 0 Å². The zero-order valence-electron chi connectivity index (χ0n) is 9.54. The lowest BCUT2D eigenvalue weighted by Crippen LogP contribution is -2.14. The second kappa shape index (κ2) is 5.95. The number of benzene rings is 2. The molecule has 0 bridgehead atoms. The topological polar surface area (TPSA) is 26.0 Å². The minimum atomic E-state index is -0.227. The summed E-state index contributed by atoms with van der Waals surface area (Å²) in [7, 11) is 0. The minimum absolute atomic E-state index is 0.210. The molecule has 0 aromatic heterocycles. The standard InChI is InChI=1S/C14H12Br2FN/c15-11-3-1-2-10(6-11)14(18)7-9-4-5-12(16)8-13(9)17/h1-6,8,14H,7,18H2. The van der Waals surface area contributed by atoms with Gasteiger partial charge in [0.15, 0.2) is 0 Å². The van der Waals surface area contributed by atoms with Gasteiger partial charge in [-0.1, -0.05) is 50.1 Å². The molecule has 4 heteroatoms. The summed E-state index contributed by atoms with van der Waals surface area (Å²) in [4.78, 5) is 0. The molecule has 2 rings (SSSR count). The highest BCUT2D eigenvalue weighted by Crippen LogP contribution is 2.22. The van der Waals surface area contributed by atoms with E-state index < -0.39 is 0 Å². The van der Waals surface area contributed by atoms with Crippen LogP contribution in [0, 0.1) is 5.82 Å². The summed E-state index contributed by atoms with van der Waals surface area (Å²) in [6.07, 6.45) is 0.482. The van der Waals surface area contributed by atoms with Gasteiger partial charge in [0.25, 0.3) is 0 Å². The van der Waals surface area contributed by atoms with E-state index in [4.69, 9.17) is 5.73 Å². The summed E-state index contributed by atoms with van der Waals surface area (Å²) in [5.74, 6) is -0.227. The minimum Gasteiger partial charge on any atom is -0.324 e. The van der Waals surface area contributed by atoms with E-state index in [-0.39, 0.29) is 11.9 Å². The van der Waals surface area contributed by atoms with Crippen molar-refractivity contribution >= 4 is 31.9 Å². The molecule has 0 aliphatic rings. The van der Waals surface area contributed by atoms with Crippen molar-refractivity contribution < 1.29 is 4.39 Å². The van der Waals surface area contributed by atoms with Gasteiger partial charge in [-0.25, -0.2) is 4.39 Å². The molecule has 0 fully saturated rings. The van der Waals surface area contributed by atoms with Crippen LogP contribution in [0.1, 0.15) is 17.2 Å². The molecule has 1 nitrogen and oxygen atoms in total. The zero-order valence-corrected chi connectivity index (χ0v) is 12.7. The molecule has 0 saturated heterocycles. The van der Waals surface area contributed by atoms with Crippen molar-refractivity contribution in [3.63, 3.8) is 0 Å². The number of halogens is 3. The molecule has 0 aliphatic carbocycles. The smallest absolute Gasteiger partial charge is 0.127 e. The summed E-state index contributed by atoms with van der Waals surface area (Å²) in [5.41, 5.74) is 7.73. The first kappa shape index (κ1) is 13.7. The maximum absolute atomic E-state index is 13.7. The number of hydrogen-bond donors (Lipinski definition) is 1. The van der Waals surface area contributed by atoms with Crippen LogP contribution < -0.4 is 5.73 Å². The van der Waals surface area contributed by atoms with Crippen molar-refractivity contribution in [1.82, 2.24) is 0 Å². The number of rotatable bonds is 3. The lowest BCUT2D eigenvalue weighted by molar-refractivity contribution is 0.592. The lowest BCUT2D eigenvalue weighted by atomic mass is 9.99. The predicted octanol–water partition coefficient (Wildman–Crippen LogP) is 4.59. The van der Waals surface area contributed by atoms with Gasteiger partial charge in [0.05, 0.1) is 0 Å². The molecule has 2 N–H and O–H groups in total. The van der Waals surface area contributed by atoms with Crippen molar-refractivity contribution in [2.24, 2.45) is 5.73 Å². The zero-order chi connectivity index (χ0) is 13.1. The second-order valence-electron chi connectivity index (χ2n) is 4.10. The van der Waals surface area contributed by atoms with Gasteiger partial charge in [-0.3, -0.25) is 0 Å². The molecule has 2 aromatic carbocycles. The van der Waals surface area contributed by atoms with Crippen LogP contribution in [0.15, 0.2) is 51.4 Å². The highest BCUT2D eigenvalue weighted by atomic mass is 79.9. The Balaban J connectivity index is 2.18. The Morgan fingerprint density at radius 1 is 1.06 bits per heavy atom. The van der Waals surface area contributed by atoms with Crippen LogP contribution >= 0.6 is 31.9 Å². The average Bonchev–Trinajstić information content (AvgIpc) is 2.32. The van der Waals surface area contributed by atoms with Gasteiger partial charge in [-0.2, -0.15) is 0 Å². The Labute approximate surface area is 122 Å². The lowest BCUT2D eigenvalue weighted by Gasteiger charge is -2.13. The Morgan fingerprint density at radius 3 is 2.44 bits per heavy atom. The van der Waals surface area contributed by atoms with Crippen LogP contribution in [0.25, 0.3) is 0 Å². The predicted molar refractivity (Wildman–Crippen MR) is 78.9 cm³/mol. The van der Waals surface area contributed by atoms with Crippen molar-refractivity contribution in [2.75, 3.05) is 0 Å². The fraction of sp³-hybridized carbons (Fsp3) is 0.143. The Bertz CT molecular complexity index is 557. The van der Waals surface area contributed by atoms with Crippen LogP contribution in [0.2, 0.25) is 0 Å². The monoisotopic (exact) mass is 371 g/mol. The molecule has 0 aliphatic heterocycles. The average molecular weight is 373 g/mol. The van der Waals surface area contributed by atoms with Crippen LogP contribution in [-0.4, -0.2) is 0 Å². The third-order valence-electron chi connectivity index (χ3n) is 2.73. The molecular formula is C14H12Br2FN. The first-order chi connectivity index (χ1) is 8.56. The largest absolute Gasteiger partial charge is 0.324 e. The summed E-state index contributed by atoms with van der Waals surface area (Å²) >= 11 is 6.64. The summed E-state index contributed by atoms with van der Waals surface area (Å²) < 4.78 is 15.4. The van der Waals surface area contributed by atoms with E-state index >= 15 is 0 Å². The molecule has 0 heterocycles. The normalized spacial score (nSPS) is 12.4. The highest BCUT2D eigenvalue weighted by Gasteiger charge is 2.11. The van der Waals surface area contributed by atoms with E-state index in [0.717, 1.165) is 14.5 Å². The third kappa shape index (κ3) is 3.40. The van der Waals surface area contributed by atoms with Gasteiger partial charge < -0.3 is 5.73 Å². The van der Waals surface area contributed by atoms with Crippen LogP contribution in [0.5, 0.6) is 0 Å². The molecule has 1 atom stereocenters. The van der Waals surface area contributed by atoms with Gasteiger partial charge in [0.1, 0.15) is 5.82 Å². The first-order valence-electron chi connectivity index (χ1n) is 5.51. The maximum Gasteiger partial charge on any atom is 0.127 e. The van der Waals surface area contributed by atoms with Crippen LogP contribution in [-0.2, 0) is 6.42 Å². The molecule has 0 radical (unpaired) electrons. The van der Waals surface area contributed by atoms with Crippen LogP contribution in [0.3, 0.4) is 0 Å². The Kier molecular flexibility index (Phi) is 4.54. The fourth-order valence-electron chi connectivity index (χ4n) is 1.78. The molecular weight excluding hydrogens is 361 g/mol. The van der Waals surface area contributed by atoms with Crippen molar-refractivity contribution in [3.8, 4) is 0 Å². The quantitative estimate of drug-likeness (QED) is 0.837. The number of nitrogens with two attached hydrogens (primary N) is 1. The fourth-order valence-corrected chi connectivity index (χ4v) is 2.53. The summed E-state index contributed by atoms with van der Waals surface area (Å²) in [6, 6.07) is 12.6. The molecule has 0 spiro atoms. The van der Waals surface area contributed by atoms with E-state index in [1.807, 2.05) is 30.3 Å². The Hall–Kier alpha value is -0.710. The van der Waals surface area contributed by atoms with Gasteiger partial charge in [-0.05, 0) is 41.8 Å². The second-order valence-corrected chi connectivity index (χ2v) is 5.93. The SMILES string of the molecule is NC(Cc1ccc(Br)cc1F)c1cccc(Br)c1. The van der Waals surface area contributed by atoms with E-state index in [1.165, 1.54) is 6.07 Å². The van der Waals surface area contributed by atoms with Gasteiger partial charge >= 0.3 is 0 Å². The van der Waals surface area contributed by atoms with E-state index in [9.17, 15) is 4.39 Å².